The summed E-state index contributed by atoms with van der Waals surface area (Å²) < 4.78 is 45.3. The Bertz CT molecular complexity index is 866. The van der Waals surface area contributed by atoms with Crippen LogP contribution < -0.4 is 4.74 Å². The summed E-state index contributed by atoms with van der Waals surface area (Å²) in [5.74, 6) is -0.988. The van der Waals surface area contributed by atoms with E-state index < -0.39 is 12.4 Å². The van der Waals surface area contributed by atoms with E-state index in [9.17, 15) is 13.2 Å². The fraction of sp³-hybridized carbons (Fsp3) is 0.235. The molecule has 0 aliphatic carbocycles. The van der Waals surface area contributed by atoms with Gasteiger partial charge in [0.15, 0.2) is 0 Å². The van der Waals surface area contributed by atoms with E-state index in [4.69, 9.17) is 23.2 Å². The molecule has 138 valence electrons. The molecule has 1 aliphatic rings. The fourth-order valence-electron chi connectivity index (χ4n) is 2.71. The van der Waals surface area contributed by atoms with Crippen LogP contribution in [0.4, 0.5) is 13.2 Å². The van der Waals surface area contributed by atoms with Crippen LogP contribution in [-0.4, -0.2) is 27.8 Å². The largest absolute Gasteiger partial charge is 0.416 e. The molecule has 0 bridgehead atoms. The summed E-state index contributed by atoms with van der Waals surface area (Å²) in [6.45, 7) is -2.50. The van der Waals surface area contributed by atoms with Gasteiger partial charge in [0.2, 0.25) is 5.88 Å². The fourth-order valence-corrected chi connectivity index (χ4v) is 3.25. The number of halogens is 5. The molecule has 0 unspecified atom stereocenters. The van der Waals surface area contributed by atoms with Gasteiger partial charge in [-0.15, -0.1) is 0 Å². The molecule has 9 heteroatoms. The van der Waals surface area contributed by atoms with E-state index >= 15 is 0 Å². The Labute approximate surface area is 158 Å². The summed E-state index contributed by atoms with van der Waals surface area (Å²) in [6.07, 6.45) is 1.16. The zero-order valence-electron chi connectivity index (χ0n) is 13.6. The third-order valence-electron chi connectivity index (χ3n) is 3.75. The molecule has 0 N–H and O–H groups in total. The second-order valence-corrected chi connectivity index (χ2v) is 6.46. The van der Waals surface area contributed by atoms with E-state index in [1.165, 1.54) is 7.05 Å². The van der Waals surface area contributed by atoms with Crippen molar-refractivity contribution in [1.29, 1.82) is 0 Å². The lowest BCUT2D eigenvalue weighted by molar-refractivity contribution is -0.0552. The zero-order valence-corrected chi connectivity index (χ0v) is 15.1. The van der Waals surface area contributed by atoms with E-state index in [-0.39, 0.29) is 28.8 Å². The van der Waals surface area contributed by atoms with Crippen LogP contribution >= 0.6 is 23.2 Å². The van der Waals surface area contributed by atoms with Gasteiger partial charge in [-0.25, -0.2) is 9.07 Å². The second kappa shape index (κ2) is 7.63. The van der Waals surface area contributed by atoms with E-state index in [0.717, 1.165) is 16.3 Å². The summed E-state index contributed by atoms with van der Waals surface area (Å²) in [5, 5.41) is 4.18. The first-order chi connectivity index (χ1) is 12.4. The number of nitrogens with zero attached hydrogens (tertiary/aromatic N) is 3. The maximum absolute atomic E-state index is 14.7. The van der Waals surface area contributed by atoms with Crippen LogP contribution in [0.5, 0.6) is 5.88 Å². The van der Waals surface area contributed by atoms with E-state index in [1.54, 1.807) is 4.90 Å². The maximum atomic E-state index is 14.7. The van der Waals surface area contributed by atoms with Crippen molar-refractivity contribution in [2.75, 3.05) is 6.54 Å². The Morgan fingerprint density at radius 2 is 1.92 bits per heavy atom. The zero-order chi connectivity index (χ0) is 18.8. The highest BCUT2D eigenvalue weighted by Gasteiger charge is 2.29. The van der Waals surface area contributed by atoms with Crippen molar-refractivity contribution in [3.8, 4) is 5.88 Å². The summed E-state index contributed by atoms with van der Waals surface area (Å²) in [4.78, 5) is 1.65. The van der Waals surface area contributed by atoms with Gasteiger partial charge in [0.25, 0.3) is 0 Å². The molecular weight excluding hydrogens is 390 g/mol. The van der Waals surface area contributed by atoms with Crippen LogP contribution in [0.15, 0.2) is 47.3 Å². The predicted molar refractivity (Wildman–Crippen MR) is 93.7 cm³/mol. The van der Waals surface area contributed by atoms with Gasteiger partial charge in [-0.05, 0) is 11.6 Å². The minimum atomic E-state index is -3.07. The topological polar surface area (TPSA) is 30.3 Å². The summed E-state index contributed by atoms with van der Waals surface area (Å²) >= 11 is 12.2. The smallest absolute Gasteiger partial charge is 0.388 e. The number of benzene rings is 1. The molecule has 0 saturated heterocycles. The Morgan fingerprint density at radius 3 is 2.58 bits per heavy atom. The third kappa shape index (κ3) is 3.83. The number of rotatable bonds is 5. The lowest BCUT2D eigenvalue weighted by Gasteiger charge is -2.29. The van der Waals surface area contributed by atoms with Crippen LogP contribution in [-0.2, 0) is 13.6 Å². The minimum absolute atomic E-state index is 0.0127. The van der Waals surface area contributed by atoms with Gasteiger partial charge >= 0.3 is 6.61 Å². The van der Waals surface area contributed by atoms with Crippen molar-refractivity contribution in [3.05, 3.63) is 63.5 Å². The van der Waals surface area contributed by atoms with Crippen LogP contribution in [0, 0.1) is 0 Å². The minimum Gasteiger partial charge on any atom is -0.416 e. The van der Waals surface area contributed by atoms with Gasteiger partial charge in [0.05, 0.1) is 6.54 Å². The Kier molecular flexibility index (Phi) is 5.48. The lowest BCUT2D eigenvalue weighted by Crippen LogP contribution is -2.27. The molecule has 2 heterocycles. The lowest BCUT2D eigenvalue weighted by atomic mass is 10.1. The van der Waals surface area contributed by atoms with Gasteiger partial charge in [-0.3, -0.25) is 0 Å². The molecule has 0 amide bonds. The number of aromatic nitrogens is 2. The molecule has 4 nitrogen and oxygen atoms in total. The monoisotopic (exact) mass is 403 g/mol. The molecule has 3 rings (SSSR count). The molecule has 0 radical (unpaired) electrons. The summed E-state index contributed by atoms with van der Waals surface area (Å²) in [5.41, 5.74) is 1.00. The van der Waals surface area contributed by atoms with Gasteiger partial charge in [0, 0.05) is 18.6 Å². The van der Waals surface area contributed by atoms with Crippen molar-refractivity contribution >= 4 is 28.9 Å². The molecular formula is C17H14Cl2F3N3O. The normalized spacial score (nSPS) is 14.9. The van der Waals surface area contributed by atoms with Gasteiger partial charge in [-0.2, -0.15) is 13.9 Å². The van der Waals surface area contributed by atoms with Crippen molar-refractivity contribution in [2.45, 2.75) is 13.2 Å². The molecule has 0 saturated carbocycles. The molecule has 0 spiro atoms. The molecule has 26 heavy (non-hydrogen) atoms. The van der Waals surface area contributed by atoms with Crippen molar-refractivity contribution in [1.82, 2.24) is 14.7 Å². The number of hydrogen-bond donors (Lipinski definition) is 0. The Hall–Kier alpha value is -2.12. The highest BCUT2D eigenvalue weighted by atomic mass is 35.5. The molecule has 0 atom stereocenters. The standard InChI is InChI=1S/C17H14Cl2F3N3O/c1-24-16(26-17(21)22)13(19)14(23-24)15-12(20)7-11(18)9-25(15)8-10-5-3-2-4-6-10/h2-7,17H,8-9H2,1H3. The molecule has 2 aromatic rings. The highest BCUT2D eigenvalue weighted by molar-refractivity contribution is 6.33. The van der Waals surface area contributed by atoms with Crippen molar-refractivity contribution in [3.63, 3.8) is 0 Å². The highest BCUT2D eigenvalue weighted by Crippen LogP contribution is 2.39. The number of hydrogen-bond acceptors (Lipinski definition) is 3. The third-order valence-corrected chi connectivity index (χ3v) is 4.32. The number of allylic oxidation sites excluding steroid dienone is 2. The van der Waals surface area contributed by atoms with Crippen LogP contribution in [0.1, 0.15) is 11.3 Å². The van der Waals surface area contributed by atoms with E-state index in [1.807, 2.05) is 30.3 Å². The van der Waals surface area contributed by atoms with Crippen molar-refractivity contribution < 1.29 is 17.9 Å². The van der Waals surface area contributed by atoms with Crippen LogP contribution in [0.3, 0.4) is 0 Å². The first kappa shape index (κ1) is 18.7. The first-order valence-corrected chi connectivity index (χ1v) is 8.34. The van der Waals surface area contributed by atoms with Crippen molar-refractivity contribution in [2.24, 2.45) is 7.05 Å². The average Bonchev–Trinajstić information content (AvgIpc) is 2.83. The Balaban J connectivity index is 2.03. The number of ether oxygens (including phenoxy) is 1. The number of alkyl halides is 2. The molecule has 0 fully saturated rings. The quantitative estimate of drug-likeness (QED) is 0.707. The maximum Gasteiger partial charge on any atom is 0.388 e. The first-order valence-electron chi connectivity index (χ1n) is 7.59. The van der Waals surface area contributed by atoms with E-state index in [2.05, 4.69) is 9.84 Å². The van der Waals surface area contributed by atoms with Crippen LogP contribution in [0.2, 0.25) is 5.02 Å². The van der Waals surface area contributed by atoms with Gasteiger partial charge in [-0.1, -0.05) is 53.5 Å². The Morgan fingerprint density at radius 1 is 1.23 bits per heavy atom. The predicted octanol–water partition coefficient (Wildman–Crippen LogP) is 4.95. The molecule has 1 aromatic carbocycles. The average molecular weight is 404 g/mol. The summed E-state index contributed by atoms with van der Waals surface area (Å²) in [6, 6.07) is 9.35. The molecule has 1 aromatic heterocycles. The second-order valence-electron chi connectivity index (χ2n) is 5.60. The van der Waals surface area contributed by atoms with Crippen LogP contribution in [0.25, 0.3) is 5.70 Å². The van der Waals surface area contributed by atoms with E-state index in [0.29, 0.717) is 11.6 Å². The molecule has 1 aliphatic heterocycles. The number of aryl methyl sites for hydroxylation is 1. The SMILES string of the molecule is Cn1nc(C2=C(F)C=C(Cl)CN2Cc2ccccc2)c(Cl)c1OC(F)F. The van der Waals surface area contributed by atoms with Gasteiger partial charge < -0.3 is 9.64 Å². The summed E-state index contributed by atoms with van der Waals surface area (Å²) in [7, 11) is 1.39. The van der Waals surface area contributed by atoms with Gasteiger partial charge in [0.1, 0.15) is 22.2 Å².